The summed E-state index contributed by atoms with van der Waals surface area (Å²) in [4.78, 5) is 12.0. The Balaban J connectivity index is 2.00. The maximum atomic E-state index is 12.3. The molecule has 122 valence electrons. The lowest BCUT2D eigenvalue weighted by atomic mass is 10.1. The minimum atomic E-state index is -2.96. The predicted octanol–water partition coefficient (Wildman–Crippen LogP) is 3.92. The van der Waals surface area contributed by atoms with Crippen molar-refractivity contribution in [2.75, 3.05) is 11.9 Å². The van der Waals surface area contributed by atoms with Gasteiger partial charge in [-0.3, -0.25) is 4.79 Å². The maximum Gasteiger partial charge on any atom is 0.387 e. The number of carbonyl (C=O) groups is 1. The van der Waals surface area contributed by atoms with Gasteiger partial charge in [-0.05, 0) is 37.1 Å². The molecule has 0 atom stereocenters. The van der Waals surface area contributed by atoms with Gasteiger partial charge in [0.15, 0.2) is 6.61 Å². The molecule has 0 saturated heterocycles. The van der Waals surface area contributed by atoms with Crippen molar-refractivity contribution in [3.05, 3.63) is 53.6 Å². The first-order valence-electron chi connectivity index (χ1n) is 7.00. The average Bonchev–Trinajstić information content (AvgIpc) is 2.48. The molecule has 2 rings (SSSR count). The lowest BCUT2D eigenvalue weighted by Crippen LogP contribution is -2.21. The second-order valence-electron chi connectivity index (χ2n) is 4.93. The van der Waals surface area contributed by atoms with E-state index in [0.717, 1.165) is 11.1 Å². The quantitative estimate of drug-likeness (QED) is 0.877. The summed E-state index contributed by atoms with van der Waals surface area (Å²) in [6.45, 7) is 0.575. The molecule has 0 bridgehead atoms. The van der Waals surface area contributed by atoms with Crippen molar-refractivity contribution in [3.8, 4) is 11.5 Å². The van der Waals surface area contributed by atoms with E-state index < -0.39 is 12.5 Å². The lowest BCUT2D eigenvalue weighted by Gasteiger charge is -2.14. The number of nitrogens with one attached hydrogen (secondary N) is 1. The SMILES string of the molecule is Cc1cccc(C)c1OCC(=O)Nc1ccccc1OC(F)F. The van der Waals surface area contributed by atoms with Gasteiger partial charge in [-0.25, -0.2) is 0 Å². The first-order chi connectivity index (χ1) is 11.0. The van der Waals surface area contributed by atoms with Gasteiger partial charge in [-0.2, -0.15) is 8.78 Å². The van der Waals surface area contributed by atoms with Gasteiger partial charge in [0.25, 0.3) is 5.91 Å². The molecule has 0 aliphatic heterocycles. The number of aryl methyl sites for hydroxylation is 2. The molecule has 0 aromatic heterocycles. The largest absolute Gasteiger partial charge is 0.483 e. The van der Waals surface area contributed by atoms with Crippen molar-refractivity contribution in [3.63, 3.8) is 0 Å². The number of rotatable bonds is 6. The molecule has 23 heavy (non-hydrogen) atoms. The Morgan fingerprint density at radius 2 is 1.74 bits per heavy atom. The van der Waals surface area contributed by atoms with E-state index in [1.54, 1.807) is 12.1 Å². The Labute approximate surface area is 133 Å². The highest BCUT2D eigenvalue weighted by Gasteiger charge is 2.12. The fourth-order valence-electron chi connectivity index (χ4n) is 2.12. The molecule has 0 saturated carbocycles. The van der Waals surface area contributed by atoms with Crippen LogP contribution in [-0.4, -0.2) is 19.1 Å². The topological polar surface area (TPSA) is 47.6 Å². The van der Waals surface area contributed by atoms with Crippen LogP contribution in [0.2, 0.25) is 0 Å². The first kappa shape index (κ1) is 16.7. The van der Waals surface area contributed by atoms with Crippen LogP contribution in [0.5, 0.6) is 11.5 Å². The van der Waals surface area contributed by atoms with Crippen LogP contribution in [0, 0.1) is 13.8 Å². The molecule has 0 spiro atoms. The molecule has 0 heterocycles. The van der Waals surface area contributed by atoms with Crippen LogP contribution >= 0.6 is 0 Å². The van der Waals surface area contributed by atoms with Crippen molar-refractivity contribution in [1.82, 2.24) is 0 Å². The number of ether oxygens (including phenoxy) is 2. The molecule has 0 aliphatic rings. The molecule has 6 heteroatoms. The summed E-state index contributed by atoms with van der Waals surface area (Å²) in [7, 11) is 0. The summed E-state index contributed by atoms with van der Waals surface area (Å²) >= 11 is 0. The van der Waals surface area contributed by atoms with Crippen LogP contribution in [0.3, 0.4) is 0 Å². The van der Waals surface area contributed by atoms with Gasteiger partial charge in [-0.15, -0.1) is 0 Å². The number of anilines is 1. The summed E-state index contributed by atoms with van der Waals surface area (Å²) in [6, 6.07) is 11.6. The Kier molecular flexibility index (Phi) is 5.51. The van der Waals surface area contributed by atoms with Crippen molar-refractivity contribution in [2.24, 2.45) is 0 Å². The van der Waals surface area contributed by atoms with E-state index in [1.165, 1.54) is 12.1 Å². The third-order valence-electron chi connectivity index (χ3n) is 3.13. The smallest absolute Gasteiger partial charge is 0.387 e. The van der Waals surface area contributed by atoms with E-state index in [4.69, 9.17) is 4.74 Å². The van der Waals surface area contributed by atoms with Crippen molar-refractivity contribution in [1.29, 1.82) is 0 Å². The maximum absolute atomic E-state index is 12.3. The minimum absolute atomic E-state index is 0.0945. The first-order valence-corrected chi connectivity index (χ1v) is 7.00. The van der Waals surface area contributed by atoms with E-state index in [2.05, 4.69) is 10.1 Å². The number of para-hydroxylation sites is 3. The van der Waals surface area contributed by atoms with Crippen LogP contribution in [0.15, 0.2) is 42.5 Å². The highest BCUT2D eigenvalue weighted by molar-refractivity contribution is 5.93. The van der Waals surface area contributed by atoms with Crippen LogP contribution in [0.4, 0.5) is 14.5 Å². The number of hydrogen-bond donors (Lipinski definition) is 1. The highest BCUT2D eigenvalue weighted by Crippen LogP contribution is 2.26. The zero-order chi connectivity index (χ0) is 16.8. The third-order valence-corrected chi connectivity index (χ3v) is 3.13. The number of carbonyl (C=O) groups excluding carboxylic acids is 1. The van der Waals surface area contributed by atoms with Crippen LogP contribution < -0.4 is 14.8 Å². The van der Waals surface area contributed by atoms with Gasteiger partial charge in [0.05, 0.1) is 5.69 Å². The molecule has 0 aliphatic carbocycles. The second-order valence-corrected chi connectivity index (χ2v) is 4.93. The Hall–Kier alpha value is -2.63. The molecule has 1 amide bonds. The molecular weight excluding hydrogens is 304 g/mol. The van der Waals surface area contributed by atoms with E-state index in [-0.39, 0.29) is 18.0 Å². The van der Waals surface area contributed by atoms with Crippen molar-refractivity contribution in [2.45, 2.75) is 20.5 Å². The summed E-state index contributed by atoms with van der Waals surface area (Å²) in [5, 5.41) is 2.50. The van der Waals surface area contributed by atoms with E-state index in [0.29, 0.717) is 5.75 Å². The molecule has 0 fully saturated rings. The van der Waals surface area contributed by atoms with Crippen molar-refractivity contribution < 1.29 is 23.0 Å². The summed E-state index contributed by atoms with van der Waals surface area (Å²) in [5.41, 5.74) is 2.00. The minimum Gasteiger partial charge on any atom is -0.483 e. The number of amides is 1. The predicted molar refractivity (Wildman–Crippen MR) is 83.1 cm³/mol. The van der Waals surface area contributed by atoms with E-state index >= 15 is 0 Å². The highest BCUT2D eigenvalue weighted by atomic mass is 19.3. The molecule has 2 aromatic rings. The van der Waals surface area contributed by atoms with Crippen LogP contribution in [-0.2, 0) is 4.79 Å². The van der Waals surface area contributed by atoms with Gasteiger partial charge in [0, 0.05) is 0 Å². The summed E-state index contributed by atoms with van der Waals surface area (Å²) in [6.07, 6.45) is 0. The molecule has 1 N–H and O–H groups in total. The normalized spacial score (nSPS) is 10.5. The Morgan fingerprint density at radius 3 is 2.39 bits per heavy atom. The molecule has 2 aromatic carbocycles. The second kappa shape index (κ2) is 7.58. The van der Waals surface area contributed by atoms with E-state index in [1.807, 2.05) is 32.0 Å². The van der Waals surface area contributed by atoms with Crippen LogP contribution in [0.1, 0.15) is 11.1 Å². The van der Waals surface area contributed by atoms with Gasteiger partial charge >= 0.3 is 6.61 Å². The third kappa shape index (κ3) is 4.67. The fourth-order valence-corrected chi connectivity index (χ4v) is 2.12. The average molecular weight is 321 g/mol. The molecule has 0 unspecified atom stereocenters. The van der Waals surface area contributed by atoms with Gasteiger partial charge in [0.1, 0.15) is 11.5 Å². The van der Waals surface area contributed by atoms with Gasteiger partial charge in [-0.1, -0.05) is 30.3 Å². The van der Waals surface area contributed by atoms with Crippen molar-refractivity contribution >= 4 is 11.6 Å². The Bertz CT molecular complexity index is 669. The zero-order valence-electron chi connectivity index (χ0n) is 12.8. The number of halogens is 2. The Morgan fingerprint density at radius 1 is 1.09 bits per heavy atom. The standard InChI is InChI=1S/C17H17F2NO3/c1-11-6-5-7-12(2)16(11)22-10-15(21)20-13-8-3-4-9-14(13)23-17(18)19/h3-9,17H,10H2,1-2H3,(H,20,21). The number of alkyl halides is 2. The molecule has 0 radical (unpaired) electrons. The molecule has 4 nitrogen and oxygen atoms in total. The van der Waals surface area contributed by atoms with Gasteiger partial charge in [0.2, 0.25) is 0 Å². The molecular formula is C17H17F2NO3. The lowest BCUT2D eigenvalue weighted by molar-refractivity contribution is -0.118. The number of benzene rings is 2. The zero-order valence-corrected chi connectivity index (χ0v) is 12.8. The van der Waals surface area contributed by atoms with Crippen LogP contribution in [0.25, 0.3) is 0 Å². The van der Waals surface area contributed by atoms with Gasteiger partial charge < -0.3 is 14.8 Å². The summed E-state index contributed by atoms with van der Waals surface area (Å²) in [5.74, 6) is 0.0839. The number of hydrogen-bond acceptors (Lipinski definition) is 3. The fraction of sp³-hybridized carbons (Fsp3) is 0.235. The monoisotopic (exact) mass is 321 g/mol. The van der Waals surface area contributed by atoms with E-state index in [9.17, 15) is 13.6 Å². The summed E-state index contributed by atoms with van der Waals surface area (Å²) < 4.78 is 34.6.